The van der Waals surface area contributed by atoms with Crippen molar-refractivity contribution in [2.24, 2.45) is 5.73 Å². The van der Waals surface area contributed by atoms with Gasteiger partial charge in [-0.15, -0.1) is 0 Å². The second-order valence-electron chi connectivity index (χ2n) is 7.50. The average molecular weight is 416 g/mol. The van der Waals surface area contributed by atoms with Crippen LogP contribution in [-0.4, -0.2) is 39.2 Å². The topological polar surface area (TPSA) is 101 Å². The van der Waals surface area contributed by atoms with Gasteiger partial charge in [-0.1, -0.05) is 76.9 Å². The van der Waals surface area contributed by atoms with Crippen molar-refractivity contribution < 1.29 is 19.8 Å². The van der Waals surface area contributed by atoms with E-state index in [1.54, 1.807) is 0 Å². The molecule has 6 heteroatoms. The summed E-state index contributed by atoms with van der Waals surface area (Å²) in [5.74, 6) is -1.44. The third kappa shape index (κ3) is 18.4. The molecule has 2 unspecified atom stereocenters. The second kappa shape index (κ2) is 19.3. The molecule has 0 aromatic rings. The molecule has 164 valence electrons. The quantitative estimate of drug-likeness (QED) is 0.176. The minimum Gasteiger partial charge on any atom is -0.481 e. The number of carboxylic acid groups (broad SMARTS) is 2. The van der Waals surface area contributed by atoms with E-state index in [4.69, 9.17) is 15.9 Å². The zero-order chi connectivity index (χ0) is 21.0. The molecular weight excluding hydrogens is 374 g/mol. The van der Waals surface area contributed by atoms with Gasteiger partial charge in [-0.25, -0.2) is 0 Å². The number of allylic oxidation sites excluding steroid dienone is 1. The molecule has 5 nitrogen and oxygen atoms in total. The summed E-state index contributed by atoms with van der Waals surface area (Å²) in [6, 6.07) is -0.873. The number of thioether (sulfide) groups is 1. The fraction of sp³-hybridized carbons (Fsp3) is 0.818. The van der Waals surface area contributed by atoms with E-state index in [2.05, 4.69) is 19.1 Å². The lowest BCUT2D eigenvalue weighted by Crippen LogP contribution is -2.33. The number of nitrogens with two attached hydrogens (primary N) is 1. The Labute approximate surface area is 175 Å². The lowest BCUT2D eigenvalue weighted by atomic mass is 10.1. The summed E-state index contributed by atoms with van der Waals surface area (Å²) in [5, 5.41) is 17.8. The highest BCUT2D eigenvalue weighted by Gasteiger charge is 2.14. The average Bonchev–Trinajstić information content (AvgIpc) is 2.65. The van der Waals surface area contributed by atoms with Crippen LogP contribution in [0.3, 0.4) is 0 Å². The van der Waals surface area contributed by atoms with Gasteiger partial charge in [0.2, 0.25) is 0 Å². The SMILES string of the molecule is CCCCCCCCCCCC/C=C\C(CCCC(=O)O)SCC(N)C(=O)O. The molecule has 0 aromatic carbocycles. The van der Waals surface area contributed by atoms with Crippen LogP contribution in [0.1, 0.15) is 96.8 Å². The second-order valence-corrected chi connectivity index (χ2v) is 8.77. The van der Waals surface area contributed by atoms with Crippen molar-refractivity contribution in [3.05, 3.63) is 12.2 Å². The Morgan fingerprint density at radius 3 is 2.04 bits per heavy atom. The Morgan fingerprint density at radius 2 is 1.50 bits per heavy atom. The Hall–Kier alpha value is -1.01. The maximum atomic E-state index is 10.9. The molecule has 0 spiro atoms. The molecule has 0 aliphatic rings. The molecule has 0 heterocycles. The minimum atomic E-state index is -0.994. The molecule has 0 saturated heterocycles. The Morgan fingerprint density at radius 1 is 0.929 bits per heavy atom. The first-order chi connectivity index (χ1) is 13.5. The van der Waals surface area contributed by atoms with Crippen LogP contribution >= 0.6 is 11.8 Å². The van der Waals surface area contributed by atoms with Crippen LogP contribution in [0.15, 0.2) is 12.2 Å². The summed E-state index contributed by atoms with van der Waals surface area (Å²) in [7, 11) is 0. The summed E-state index contributed by atoms with van der Waals surface area (Å²) >= 11 is 1.51. The highest BCUT2D eigenvalue weighted by atomic mass is 32.2. The lowest BCUT2D eigenvalue weighted by Gasteiger charge is -2.14. The van der Waals surface area contributed by atoms with Gasteiger partial charge < -0.3 is 15.9 Å². The van der Waals surface area contributed by atoms with Crippen LogP contribution in [0.4, 0.5) is 0 Å². The lowest BCUT2D eigenvalue weighted by molar-refractivity contribution is -0.138. The van der Waals surface area contributed by atoms with Crippen LogP contribution in [0.5, 0.6) is 0 Å². The largest absolute Gasteiger partial charge is 0.481 e. The predicted molar refractivity (Wildman–Crippen MR) is 119 cm³/mol. The molecule has 0 rings (SSSR count). The Kier molecular flexibility index (Phi) is 18.6. The van der Waals surface area contributed by atoms with E-state index in [1.165, 1.54) is 76.0 Å². The molecule has 0 aromatic heterocycles. The summed E-state index contributed by atoms with van der Waals surface area (Å²) in [6.07, 6.45) is 20.0. The van der Waals surface area contributed by atoms with E-state index < -0.39 is 18.0 Å². The van der Waals surface area contributed by atoms with Gasteiger partial charge in [-0.3, -0.25) is 9.59 Å². The number of carboxylic acids is 2. The van der Waals surface area contributed by atoms with E-state index in [1.807, 2.05) is 0 Å². The van der Waals surface area contributed by atoms with Crippen molar-refractivity contribution in [3.8, 4) is 0 Å². The van der Waals surface area contributed by atoms with Crippen molar-refractivity contribution in [1.29, 1.82) is 0 Å². The van der Waals surface area contributed by atoms with Crippen LogP contribution in [0, 0.1) is 0 Å². The predicted octanol–water partition coefficient (Wildman–Crippen LogP) is 5.62. The van der Waals surface area contributed by atoms with Crippen LogP contribution in [0.2, 0.25) is 0 Å². The van der Waals surface area contributed by atoms with E-state index in [-0.39, 0.29) is 11.7 Å². The number of aliphatic carboxylic acids is 2. The zero-order valence-corrected chi connectivity index (χ0v) is 18.4. The number of carbonyl (C=O) groups is 2. The van der Waals surface area contributed by atoms with Gasteiger partial charge in [0.1, 0.15) is 6.04 Å². The number of rotatable bonds is 20. The zero-order valence-electron chi connectivity index (χ0n) is 17.6. The summed E-state index contributed by atoms with van der Waals surface area (Å²) in [4.78, 5) is 21.5. The first kappa shape index (κ1) is 27.0. The van der Waals surface area contributed by atoms with E-state index >= 15 is 0 Å². The maximum absolute atomic E-state index is 10.9. The van der Waals surface area contributed by atoms with Gasteiger partial charge in [-0.2, -0.15) is 11.8 Å². The van der Waals surface area contributed by atoms with Crippen molar-refractivity contribution >= 4 is 23.7 Å². The van der Waals surface area contributed by atoms with Gasteiger partial charge in [-0.05, 0) is 25.7 Å². The summed E-state index contributed by atoms with van der Waals surface area (Å²) in [6.45, 7) is 2.25. The first-order valence-electron chi connectivity index (χ1n) is 11.0. The molecule has 28 heavy (non-hydrogen) atoms. The van der Waals surface area contributed by atoms with E-state index in [0.717, 1.165) is 12.8 Å². The molecule has 0 aliphatic heterocycles. The van der Waals surface area contributed by atoms with Gasteiger partial charge in [0.15, 0.2) is 0 Å². The third-order valence-corrected chi connectivity index (χ3v) is 6.13. The molecular formula is C22H41NO4S. The number of unbranched alkanes of at least 4 members (excludes halogenated alkanes) is 10. The van der Waals surface area contributed by atoms with Gasteiger partial charge in [0.25, 0.3) is 0 Å². The molecule has 0 saturated carbocycles. The molecule has 0 radical (unpaired) electrons. The van der Waals surface area contributed by atoms with E-state index in [0.29, 0.717) is 12.2 Å². The molecule has 0 fully saturated rings. The Balaban J connectivity index is 3.90. The molecule has 0 bridgehead atoms. The first-order valence-corrected chi connectivity index (χ1v) is 12.0. The van der Waals surface area contributed by atoms with Gasteiger partial charge in [0, 0.05) is 17.4 Å². The highest BCUT2D eigenvalue weighted by Crippen LogP contribution is 2.20. The van der Waals surface area contributed by atoms with Crippen molar-refractivity contribution in [3.63, 3.8) is 0 Å². The highest BCUT2D eigenvalue weighted by molar-refractivity contribution is 8.00. The van der Waals surface area contributed by atoms with Crippen molar-refractivity contribution in [1.82, 2.24) is 0 Å². The van der Waals surface area contributed by atoms with Gasteiger partial charge >= 0.3 is 11.9 Å². The van der Waals surface area contributed by atoms with Crippen LogP contribution in [0.25, 0.3) is 0 Å². The molecule has 0 aliphatic carbocycles. The number of hydrogen-bond donors (Lipinski definition) is 3. The number of hydrogen-bond acceptors (Lipinski definition) is 4. The molecule has 4 N–H and O–H groups in total. The molecule has 2 atom stereocenters. The van der Waals surface area contributed by atoms with Crippen LogP contribution in [-0.2, 0) is 9.59 Å². The fourth-order valence-electron chi connectivity index (χ4n) is 2.99. The standard InChI is InChI=1S/C22H41NO4S/c1-2-3-4-5-6-7-8-9-10-11-12-13-15-19(16-14-17-21(24)25)28-18-20(23)22(26)27/h13,15,19-20H,2-12,14,16-18,23H2,1H3,(H,24,25)(H,26,27)/b15-13-. The van der Waals surface area contributed by atoms with E-state index in [9.17, 15) is 9.59 Å². The fourth-order valence-corrected chi connectivity index (χ4v) is 4.14. The minimum absolute atomic E-state index is 0.132. The third-order valence-electron chi connectivity index (χ3n) is 4.76. The maximum Gasteiger partial charge on any atom is 0.321 e. The van der Waals surface area contributed by atoms with Crippen molar-refractivity contribution in [2.75, 3.05) is 5.75 Å². The summed E-state index contributed by atoms with van der Waals surface area (Å²) in [5.41, 5.74) is 5.57. The molecule has 0 amide bonds. The Bertz CT molecular complexity index is 429. The normalized spacial score (nSPS) is 13.6. The smallest absolute Gasteiger partial charge is 0.321 e. The van der Waals surface area contributed by atoms with Crippen molar-refractivity contribution in [2.45, 2.75) is 108 Å². The monoisotopic (exact) mass is 415 g/mol. The summed E-state index contributed by atoms with van der Waals surface area (Å²) < 4.78 is 0. The van der Waals surface area contributed by atoms with Gasteiger partial charge in [0.05, 0.1) is 0 Å². The van der Waals surface area contributed by atoms with Crippen LogP contribution < -0.4 is 5.73 Å².